The molecule has 0 saturated carbocycles. The van der Waals surface area contributed by atoms with E-state index in [1.165, 1.54) is 88.2 Å². The summed E-state index contributed by atoms with van der Waals surface area (Å²) in [6.07, 6.45) is 35.0. The van der Waals surface area contributed by atoms with E-state index in [9.17, 15) is 0 Å². The highest BCUT2D eigenvalue weighted by atomic mass is 32.1. The molecule has 4 heterocycles. The van der Waals surface area contributed by atoms with Gasteiger partial charge in [-0.3, -0.25) is 9.59 Å². The lowest BCUT2D eigenvalue weighted by atomic mass is 10.0. The molecule has 2 aliphatic heterocycles. The van der Waals surface area contributed by atoms with E-state index < -0.39 is 0 Å². The van der Waals surface area contributed by atoms with Gasteiger partial charge in [-0.2, -0.15) is 0 Å². The first-order valence-corrected chi connectivity index (χ1v) is 43.3. The molecule has 105 heavy (non-hydrogen) atoms. The van der Waals surface area contributed by atoms with Gasteiger partial charge in [-0.05, 0) is 176 Å². The molecule has 5 aromatic carbocycles. The van der Waals surface area contributed by atoms with Gasteiger partial charge < -0.3 is 33.6 Å². The Balaban J connectivity index is 1.15. The predicted molar refractivity (Wildman–Crippen MR) is 446 cm³/mol. The van der Waals surface area contributed by atoms with E-state index in [1.54, 1.807) is 22.7 Å². The zero-order valence-electron chi connectivity index (χ0n) is 66.2. The van der Waals surface area contributed by atoms with Crippen molar-refractivity contribution in [3.05, 3.63) is 182 Å². The summed E-state index contributed by atoms with van der Waals surface area (Å²) in [5, 5.41) is 2.04. The fourth-order valence-electron chi connectivity index (χ4n) is 15.0. The number of hydrogen-bond donors (Lipinski definition) is 0. The SMILES string of the molecule is CCCCCCCCc1ccc(N(c2ccc(CCCCCCCC)cc2)c2ccc(-c3ccc(C4=C5C(=O)N(Cc6c(OCC(CC)CCCC)cccc6OCC(CC)CCCC)C(c6cccs6)=C5C(=O)N4Cc4c(OCC(CC)CCCC)cccc4OCC(CC)CCCC)s3)cc2)cc1. The number of hydrogen-bond acceptors (Lipinski definition) is 9. The van der Waals surface area contributed by atoms with Crippen LogP contribution in [0.25, 0.3) is 21.8 Å². The zero-order valence-corrected chi connectivity index (χ0v) is 67.8. The van der Waals surface area contributed by atoms with Crippen LogP contribution in [0.3, 0.4) is 0 Å². The van der Waals surface area contributed by atoms with Gasteiger partial charge in [0.25, 0.3) is 11.8 Å². The normalized spacial score (nSPS) is 14.2. The van der Waals surface area contributed by atoms with Crippen LogP contribution in [-0.4, -0.2) is 48.0 Å². The van der Waals surface area contributed by atoms with Gasteiger partial charge in [-0.1, -0.05) is 265 Å². The van der Waals surface area contributed by atoms with E-state index in [2.05, 4.69) is 165 Å². The summed E-state index contributed by atoms with van der Waals surface area (Å²) in [6, 6.07) is 48.1. The molecule has 0 saturated heterocycles. The van der Waals surface area contributed by atoms with Crippen LogP contribution in [0.5, 0.6) is 23.0 Å². The Morgan fingerprint density at radius 3 is 1.05 bits per heavy atom. The van der Waals surface area contributed by atoms with Gasteiger partial charge in [0, 0.05) is 21.9 Å². The summed E-state index contributed by atoms with van der Waals surface area (Å²) in [4.78, 5) is 42.0. The van der Waals surface area contributed by atoms with Crippen LogP contribution >= 0.6 is 22.7 Å². The number of carbonyl (C=O) groups excluding carboxylic acids is 2. The van der Waals surface area contributed by atoms with Crippen LogP contribution in [-0.2, 0) is 35.5 Å². The van der Waals surface area contributed by atoms with Gasteiger partial charge in [-0.25, -0.2) is 0 Å². The van der Waals surface area contributed by atoms with Gasteiger partial charge in [0.2, 0.25) is 0 Å². The van der Waals surface area contributed by atoms with E-state index in [1.807, 2.05) is 57.6 Å². The van der Waals surface area contributed by atoms with Crippen molar-refractivity contribution in [2.45, 2.75) is 275 Å². The topological polar surface area (TPSA) is 80.8 Å². The lowest BCUT2D eigenvalue weighted by Gasteiger charge is -2.28. The molecule has 0 bridgehead atoms. The molecule has 2 aromatic heterocycles. The van der Waals surface area contributed by atoms with Crippen molar-refractivity contribution < 1.29 is 28.5 Å². The van der Waals surface area contributed by atoms with Gasteiger partial charge in [-0.15, -0.1) is 22.7 Å². The maximum absolute atomic E-state index is 16.6. The van der Waals surface area contributed by atoms with Crippen molar-refractivity contribution >= 4 is 62.9 Å². The number of rotatable bonds is 52. The molecule has 2 amide bonds. The number of amides is 2. The highest BCUT2D eigenvalue weighted by Gasteiger charge is 2.50. The number of nitrogens with zero attached hydrogens (tertiary/aromatic N) is 3. The second kappa shape index (κ2) is 44.3. The molecule has 568 valence electrons. The largest absolute Gasteiger partial charge is 0.493 e. The van der Waals surface area contributed by atoms with Crippen molar-refractivity contribution in [1.82, 2.24) is 9.80 Å². The lowest BCUT2D eigenvalue weighted by molar-refractivity contribution is -0.124. The number of thiophene rings is 2. The van der Waals surface area contributed by atoms with E-state index in [4.69, 9.17) is 18.9 Å². The first-order chi connectivity index (χ1) is 51.5. The van der Waals surface area contributed by atoms with Crippen molar-refractivity contribution in [2.75, 3.05) is 31.3 Å². The van der Waals surface area contributed by atoms with Crippen LogP contribution in [0.15, 0.2) is 150 Å². The number of ether oxygens (including phenoxy) is 4. The third-order valence-corrected chi connectivity index (χ3v) is 24.1. The summed E-state index contributed by atoms with van der Waals surface area (Å²) >= 11 is 3.18. The van der Waals surface area contributed by atoms with E-state index >= 15 is 9.59 Å². The number of benzene rings is 5. The van der Waals surface area contributed by atoms with E-state index in [0.717, 1.165) is 164 Å². The predicted octanol–water partition coefficient (Wildman–Crippen LogP) is 27.3. The Morgan fingerprint density at radius 1 is 0.352 bits per heavy atom. The minimum Gasteiger partial charge on any atom is -0.493 e. The van der Waals surface area contributed by atoms with Gasteiger partial charge >= 0.3 is 0 Å². The molecule has 2 aliphatic rings. The first kappa shape index (κ1) is 82.0. The summed E-state index contributed by atoms with van der Waals surface area (Å²) in [7, 11) is 0. The lowest BCUT2D eigenvalue weighted by Crippen LogP contribution is -2.30. The summed E-state index contributed by atoms with van der Waals surface area (Å²) in [6.45, 7) is 25.1. The average Bonchev–Trinajstić information content (AvgIpc) is 1.55. The highest BCUT2D eigenvalue weighted by molar-refractivity contribution is 7.16. The Bertz CT molecular complexity index is 3620. The molecule has 0 N–H and O–H groups in total. The van der Waals surface area contributed by atoms with Crippen molar-refractivity contribution in [1.29, 1.82) is 0 Å². The second-order valence-electron chi connectivity index (χ2n) is 30.0. The van der Waals surface area contributed by atoms with Crippen molar-refractivity contribution in [2.24, 2.45) is 23.7 Å². The second-order valence-corrected chi connectivity index (χ2v) is 32.0. The standard InChI is InChI=1S/C94H129N3O6S2/c1-11-21-27-29-31-33-42-74-49-55-77(56-50-74)97(78-57-51-75(52-58-78)43-34-32-30-28-22-12-2)79-59-53-76(54-60-79)86-61-62-88(105-86)92-90-89(93(98)96(92)65-81-84(102-68-72(19-9)40-25-15-5)46-36-47-85(81)103-69-73(20-10)41-26-16-6)91(87-48-37-63-104-87)95(94(90)99)64-80-82(100-66-70(17-7)38-23-13-3)44-35-45-83(80)101-67-71(18-8)39-24-14-4/h35-37,44-63,70-73H,11-34,38-43,64-69H2,1-10H3. The molecule has 7 aromatic rings. The monoisotopic (exact) mass is 1460 g/mol. The van der Waals surface area contributed by atoms with Crippen LogP contribution in [0.1, 0.15) is 281 Å². The molecule has 9 rings (SSSR count). The highest BCUT2D eigenvalue weighted by Crippen LogP contribution is 2.52. The molecular weight excluding hydrogens is 1330 g/mol. The van der Waals surface area contributed by atoms with Crippen molar-refractivity contribution in [3.8, 4) is 33.4 Å². The van der Waals surface area contributed by atoms with E-state index in [0.29, 0.717) is 95.6 Å². The average molecular weight is 1460 g/mol. The van der Waals surface area contributed by atoms with Gasteiger partial charge in [0.05, 0.1) is 82.9 Å². The Kier molecular flexibility index (Phi) is 34.6. The first-order valence-electron chi connectivity index (χ1n) is 41.6. The smallest absolute Gasteiger partial charge is 0.261 e. The number of anilines is 3. The molecule has 11 heteroatoms. The van der Waals surface area contributed by atoms with Crippen LogP contribution in [0.4, 0.5) is 17.1 Å². The number of fused-ring (bicyclic) bond motifs is 1. The van der Waals surface area contributed by atoms with Crippen LogP contribution in [0, 0.1) is 23.7 Å². The number of carbonyl (C=O) groups is 2. The third-order valence-electron chi connectivity index (χ3n) is 22.1. The molecule has 9 nitrogen and oxygen atoms in total. The fourth-order valence-corrected chi connectivity index (χ4v) is 16.8. The summed E-state index contributed by atoms with van der Waals surface area (Å²) in [5.41, 5.74) is 10.8. The molecule has 0 radical (unpaired) electrons. The molecule has 0 fully saturated rings. The van der Waals surface area contributed by atoms with E-state index in [-0.39, 0.29) is 24.9 Å². The fraction of sp³-hybridized carbons (Fsp3) is 0.532. The maximum atomic E-state index is 16.6. The van der Waals surface area contributed by atoms with Crippen LogP contribution < -0.4 is 23.8 Å². The molecule has 0 spiro atoms. The van der Waals surface area contributed by atoms with Gasteiger partial charge in [0.1, 0.15) is 23.0 Å². The molecule has 4 unspecified atom stereocenters. The Hall–Kier alpha value is -7.08. The Labute approximate surface area is 642 Å². The minimum atomic E-state index is -0.224. The Morgan fingerprint density at radius 2 is 0.695 bits per heavy atom. The molecule has 0 aliphatic carbocycles. The molecule has 4 atom stereocenters. The molecular formula is C94H129N3O6S2. The van der Waals surface area contributed by atoms with Crippen LogP contribution in [0.2, 0.25) is 0 Å². The maximum Gasteiger partial charge on any atom is 0.261 e. The van der Waals surface area contributed by atoms with Crippen molar-refractivity contribution in [3.63, 3.8) is 0 Å². The number of aryl methyl sites for hydroxylation is 2. The summed E-state index contributed by atoms with van der Waals surface area (Å²) in [5.74, 6) is 3.89. The zero-order chi connectivity index (χ0) is 74.1. The van der Waals surface area contributed by atoms with Gasteiger partial charge in [0.15, 0.2) is 0 Å². The summed E-state index contributed by atoms with van der Waals surface area (Å²) < 4.78 is 27.9. The minimum absolute atomic E-state index is 0.134. The third kappa shape index (κ3) is 23.0. The number of unbranched alkanes of at least 4 members (excludes halogenated alkanes) is 14. The quantitative estimate of drug-likeness (QED) is 0.0351.